The van der Waals surface area contributed by atoms with Gasteiger partial charge in [0, 0.05) is 31.4 Å². The minimum absolute atomic E-state index is 0.0812. The number of hydrogen-bond acceptors (Lipinski definition) is 4. The van der Waals surface area contributed by atoms with Crippen molar-refractivity contribution in [1.82, 2.24) is 15.2 Å². The first-order valence-electron chi connectivity index (χ1n) is 9.27. The number of aromatic nitrogens is 1. The van der Waals surface area contributed by atoms with Crippen molar-refractivity contribution >= 4 is 5.91 Å². The van der Waals surface area contributed by atoms with Gasteiger partial charge < -0.3 is 15.3 Å². The van der Waals surface area contributed by atoms with Crippen LogP contribution in [-0.4, -0.2) is 47.1 Å². The molecular formula is C21H27N3O2. The van der Waals surface area contributed by atoms with Crippen LogP contribution in [0.3, 0.4) is 0 Å². The van der Waals surface area contributed by atoms with E-state index in [1.165, 1.54) is 0 Å². The number of pyridine rings is 1. The van der Waals surface area contributed by atoms with Gasteiger partial charge in [0.25, 0.3) is 5.91 Å². The van der Waals surface area contributed by atoms with Gasteiger partial charge in [-0.2, -0.15) is 0 Å². The Morgan fingerprint density at radius 1 is 1.35 bits per heavy atom. The largest absolute Gasteiger partial charge is 0.508 e. The maximum absolute atomic E-state index is 12.4. The second-order valence-electron chi connectivity index (χ2n) is 7.50. The average Bonchev–Trinajstić information content (AvgIpc) is 3.06. The summed E-state index contributed by atoms with van der Waals surface area (Å²) in [5, 5.41) is 12.6. The molecule has 1 atom stereocenters. The lowest BCUT2D eigenvalue weighted by molar-refractivity contribution is 0.0947. The van der Waals surface area contributed by atoms with E-state index in [0.29, 0.717) is 23.9 Å². The topological polar surface area (TPSA) is 65.5 Å². The molecule has 0 saturated carbocycles. The molecule has 0 bridgehead atoms. The molecule has 2 heterocycles. The van der Waals surface area contributed by atoms with Gasteiger partial charge in [-0.1, -0.05) is 26.0 Å². The van der Waals surface area contributed by atoms with Crippen LogP contribution in [0.1, 0.15) is 30.6 Å². The summed E-state index contributed by atoms with van der Waals surface area (Å²) in [7, 11) is 0. The third-order valence-corrected chi connectivity index (χ3v) is 4.71. The highest BCUT2D eigenvalue weighted by atomic mass is 16.3. The van der Waals surface area contributed by atoms with Crippen LogP contribution in [0, 0.1) is 11.8 Å². The molecular weight excluding hydrogens is 326 g/mol. The standard InChI is InChI=1S/C21H27N3O2/c1-15(2)13-24-9-8-16(14-24)11-23-21(26)18-6-7-20(22-12-18)17-4-3-5-19(25)10-17/h3-7,10,12,15-16,25H,8-9,11,13-14H2,1-2H3,(H,23,26). The number of nitrogens with one attached hydrogen (secondary N) is 1. The Balaban J connectivity index is 1.52. The van der Waals surface area contributed by atoms with E-state index < -0.39 is 0 Å². The van der Waals surface area contributed by atoms with Gasteiger partial charge in [0.15, 0.2) is 0 Å². The Bertz CT molecular complexity index is 743. The molecule has 2 aromatic rings. The highest BCUT2D eigenvalue weighted by Crippen LogP contribution is 2.21. The summed E-state index contributed by atoms with van der Waals surface area (Å²) in [6.45, 7) is 8.50. The van der Waals surface area contributed by atoms with Crippen LogP contribution in [0.4, 0.5) is 0 Å². The molecule has 1 aliphatic rings. The van der Waals surface area contributed by atoms with Gasteiger partial charge in [0.05, 0.1) is 11.3 Å². The first-order valence-corrected chi connectivity index (χ1v) is 9.27. The number of benzene rings is 1. The summed E-state index contributed by atoms with van der Waals surface area (Å²) in [6.07, 6.45) is 2.73. The van der Waals surface area contributed by atoms with Crippen LogP contribution in [0.2, 0.25) is 0 Å². The third kappa shape index (κ3) is 4.82. The normalized spacial score (nSPS) is 17.6. The number of phenols is 1. The number of rotatable bonds is 6. The first kappa shape index (κ1) is 18.4. The van der Waals surface area contributed by atoms with Gasteiger partial charge >= 0.3 is 0 Å². The van der Waals surface area contributed by atoms with E-state index in [1.54, 1.807) is 30.5 Å². The van der Waals surface area contributed by atoms with E-state index >= 15 is 0 Å². The number of phenolic OH excluding ortho intramolecular Hbond substituents is 1. The van der Waals surface area contributed by atoms with Crippen LogP contribution in [0.5, 0.6) is 5.75 Å². The Labute approximate surface area is 155 Å². The second kappa shape index (κ2) is 8.32. The van der Waals surface area contributed by atoms with E-state index in [0.717, 1.165) is 37.3 Å². The van der Waals surface area contributed by atoms with Crippen molar-refractivity contribution in [1.29, 1.82) is 0 Å². The molecule has 0 spiro atoms. The van der Waals surface area contributed by atoms with Crippen LogP contribution in [0.15, 0.2) is 42.6 Å². The maximum atomic E-state index is 12.4. The highest BCUT2D eigenvalue weighted by Gasteiger charge is 2.23. The zero-order valence-electron chi connectivity index (χ0n) is 15.5. The molecule has 26 heavy (non-hydrogen) atoms. The Morgan fingerprint density at radius 3 is 2.88 bits per heavy atom. The average molecular weight is 353 g/mol. The fourth-order valence-corrected chi connectivity index (χ4v) is 3.46. The molecule has 1 aromatic carbocycles. The van der Waals surface area contributed by atoms with Gasteiger partial charge in [-0.3, -0.25) is 9.78 Å². The monoisotopic (exact) mass is 353 g/mol. The van der Waals surface area contributed by atoms with Crippen molar-refractivity contribution in [2.24, 2.45) is 11.8 Å². The maximum Gasteiger partial charge on any atom is 0.252 e. The van der Waals surface area contributed by atoms with Crippen molar-refractivity contribution < 1.29 is 9.90 Å². The van der Waals surface area contributed by atoms with Gasteiger partial charge in [-0.15, -0.1) is 0 Å². The number of aromatic hydroxyl groups is 1. The number of amides is 1. The van der Waals surface area contributed by atoms with Crippen molar-refractivity contribution in [2.45, 2.75) is 20.3 Å². The SMILES string of the molecule is CC(C)CN1CCC(CNC(=O)c2ccc(-c3cccc(O)c3)nc2)C1. The lowest BCUT2D eigenvalue weighted by Crippen LogP contribution is -2.31. The summed E-state index contributed by atoms with van der Waals surface area (Å²) in [4.78, 5) is 19.2. The van der Waals surface area contributed by atoms with Crippen molar-refractivity contribution in [3.63, 3.8) is 0 Å². The minimum atomic E-state index is -0.0812. The smallest absolute Gasteiger partial charge is 0.252 e. The molecule has 1 unspecified atom stereocenters. The van der Waals surface area contributed by atoms with Crippen LogP contribution >= 0.6 is 0 Å². The summed E-state index contributed by atoms with van der Waals surface area (Å²) in [5.41, 5.74) is 2.12. The van der Waals surface area contributed by atoms with Crippen LogP contribution in [-0.2, 0) is 0 Å². The molecule has 0 aliphatic carbocycles. The van der Waals surface area contributed by atoms with Crippen molar-refractivity contribution in [2.75, 3.05) is 26.2 Å². The second-order valence-corrected chi connectivity index (χ2v) is 7.50. The molecule has 0 radical (unpaired) electrons. The molecule has 138 valence electrons. The Morgan fingerprint density at radius 2 is 2.19 bits per heavy atom. The summed E-state index contributed by atoms with van der Waals surface area (Å²) in [5.74, 6) is 1.33. The molecule has 1 aromatic heterocycles. The fourth-order valence-electron chi connectivity index (χ4n) is 3.46. The number of hydrogen-bond donors (Lipinski definition) is 2. The van der Waals surface area contributed by atoms with Crippen molar-refractivity contribution in [3.8, 4) is 17.0 Å². The molecule has 3 rings (SSSR count). The zero-order valence-corrected chi connectivity index (χ0v) is 15.5. The molecule has 1 saturated heterocycles. The first-order chi connectivity index (χ1) is 12.5. The van der Waals surface area contributed by atoms with Gasteiger partial charge in [-0.05, 0) is 49.1 Å². The van der Waals surface area contributed by atoms with E-state index in [2.05, 4.69) is 29.0 Å². The molecule has 5 heteroatoms. The fraction of sp³-hybridized carbons (Fsp3) is 0.429. The summed E-state index contributed by atoms with van der Waals surface area (Å²) >= 11 is 0. The predicted molar refractivity (Wildman–Crippen MR) is 103 cm³/mol. The Hall–Kier alpha value is -2.40. The summed E-state index contributed by atoms with van der Waals surface area (Å²) in [6, 6.07) is 10.5. The molecule has 1 aliphatic heterocycles. The minimum Gasteiger partial charge on any atom is -0.508 e. The van der Waals surface area contributed by atoms with E-state index in [9.17, 15) is 9.90 Å². The summed E-state index contributed by atoms with van der Waals surface area (Å²) < 4.78 is 0. The molecule has 1 fully saturated rings. The van der Waals surface area contributed by atoms with Gasteiger partial charge in [0.1, 0.15) is 5.75 Å². The van der Waals surface area contributed by atoms with E-state index in [1.807, 2.05) is 12.1 Å². The zero-order chi connectivity index (χ0) is 18.5. The van der Waals surface area contributed by atoms with Crippen LogP contribution in [0.25, 0.3) is 11.3 Å². The van der Waals surface area contributed by atoms with Gasteiger partial charge in [-0.25, -0.2) is 0 Å². The number of carbonyl (C=O) groups excluding carboxylic acids is 1. The highest BCUT2D eigenvalue weighted by molar-refractivity contribution is 5.94. The molecule has 5 nitrogen and oxygen atoms in total. The number of nitrogens with zero attached hydrogens (tertiary/aromatic N) is 2. The van der Waals surface area contributed by atoms with Crippen LogP contribution < -0.4 is 5.32 Å². The third-order valence-electron chi connectivity index (χ3n) is 4.71. The predicted octanol–water partition coefficient (Wildman–Crippen LogP) is 3.16. The lowest BCUT2D eigenvalue weighted by Gasteiger charge is -2.18. The molecule has 1 amide bonds. The quantitative estimate of drug-likeness (QED) is 0.837. The van der Waals surface area contributed by atoms with Crippen molar-refractivity contribution in [3.05, 3.63) is 48.2 Å². The number of carbonyl (C=O) groups is 1. The Kier molecular flexibility index (Phi) is 5.89. The number of likely N-dealkylation sites (tertiary alicyclic amines) is 1. The molecule has 2 N–H and O–H groups in total. The van der Waals surface area contributed by atoms with E-state index in [4.69, 9.17) is 0 Å². The lowest BCUT2D eigenvalue weighted by atomic mass is 10.1. The van der Waals surface area contributed by atoms with E-state index in [-0.39, 0.29) is 11.7 Å². The van der Waals surface area contributed by atoms with Gasteiger partial charge in [0.2, 0.25) is 0 Å².